The highest BCUT2D eigenvalue weighted by Gasteiger charge is 2.23. The van der Waals surface area contributed by atoms with Crippen LogP contribution >= 0.6 is 0 Å². The third-order valence-electron chi connectivity index (χ3n) is 2.74. The van der Waals surface area contributed by atoms with Crippen LogP contribution in [0.5, 0.6) is 0 Å². The molecule has 3 heteroatoms. The van der Waals surface area contributed by atoms with Gasteiger partial charge in [0.1, 0.15) is 6.10 Å². The number of carbonyl (C=O) groups excluding carboxylic acids is 1. The van der Waals surface area contributed by atoms with Crippen LogP contribution < -0.4 is 0 Å². The second kappa shape index (κ2) is 5.67. The van der Waals surface area contributed by atoms with Gasteiger partial charge in [0.2, 0.25) is 0 Å². The molecule has 0 radical (unpaired) electrons. The summed E-state index contributed by atoms with van der Waals surface area (Å²) < 4.78 is 6.27. The molecule has 0 heterocycles. The van der Waals surface area contributed by atoms with Crippen LogP contribution in [-0.2, 0) is 9.53 Å². The van der Waals surface area contributed by atoms with Crippen LogP contribution in [0, 0.1) is 5.41 Å². The van der Waals surface area contributed by atoms with E-state index < -0.39 is 0 Å². The minimum Gasteiger partial charge on any atom is -0.462 e. The van der Waals surface area contributed by atoms with Gasteiger partial charge in [-0.3, -0.25) is 4.79 Å². The standard InChI is InChI=1S/C13H28NO2/c1-11(13(2,3)4)16-12(15)9-8-10-14(5,6)7/h11H,8-10H2,1-7H3/q+1. The first-order chi connectivity index (χ1) is 7.02. The van der Waals surface area contributed by atoms with Crippen LogP contribution in [0.4, 0.5) is 0 Å². The molecule has 3 nitrogen and oxygen atoms in total. The number of quaternary nitrogens is 1. The van der Waals surface area contributed by atoms with Crippen molar-refractivity contribution in [1.82, 2.24) is 0 Å². The molecule has 0 spiro atoms. The normalized spacial score (nSPS) is 14.7. The first-order valence-corrected chi connectivity index (χ1v) is 6.02. The van der Waals surface area contributed by atoms with E-state index in [-0.39, 0.29) is 17.5 Å². The van der Waals surface area contributed by atoms with Gasteiger partial charge < -0.3 is 9.22 Å². The third kappa shape index (κ3) is 7.69. The fourth-order valence-electron chi connectivity index (χ4n) is 1.13. The van der Waals surface area contributed by atoms with E-state index in [1.165, 1.54) is 0 Å². The summed E-state index contributed by atoms with van der Waals surface area (Å²) in [6.45, 7) is 9.20. The van der Waals surface area contributed by atoms with Crippen LogP contribution in [0.15, 0.2) is 0 Å². The van der Waals surface area contributed by atoms with Gasteiger partial charge >= 0.3 is 5.97 Å². The molecule has 0 saturated heterocycles. The number of nitrogens with zero attached hydrogens (tertiary/aromatic N) is 1. The van der Waals surface area contributed by atoms with Crippen molar-refractivity contribution in [2.75, 3.05) is 27.7 Å². The van der Waals surface area contributed by atoms with E-state index in [9.17, 15) is 4.79 Å². The summed E-state index contributed by atoms with van der Waals surface area (Å²) in [5.41, 5.74) is 0.0236. The largest absolute Gasteiger partial charge is 0.462 e. The second-order valence-electron chi connectivity index (χ2n) is 6.62. The lowest BCUT2D eigenvalue weighted by Crippen LogP contribution is -2.35. The molecule has 0 bridgehead atoms. The Morgan fingerprint density at radius 3 is 2.12 bits per heavy atom. The molecule has 1 unspecified atom stereocenters. The Kier molecular flexibility index (Phi) is 5.47. The minimum absolute atomic E-state index is 0.0236. The van der Waals surface area contributed by atoms with Crippen molar-refractivity contribution in [3.63, 3.8) is 0 Å². The minimum atomic E-state index is -0.0733. The monoisotopic (exact) mass is 230 g/mol. The molecule has 1 atom stereocenters. The maximum absolute atomic E-state index is 11.6. The van der Waals surface area contributed by atoms with Crippen molar-refractivity contribution < 1.29 is 14.0 Å². The molecular formula is C13H28NO2+. The summed E-state index contributed by atoms with van der Waals surface area (Å²) in [6.07, 6.45) is 1.39. The lowest BCUT2D eigenvalue weighted by atomic mass is 9.90. The van der Waals surface area contributed by atoms with E-state index in [2.05, 4.69) is 41.9 Å². The Balaban J connectivity index is 3.84. The van der Waals surface area contributed by atoms with Crippen LogP contribution in [0.25, 0.3) is 0 Å². The maximum atomic E-state index is 11.6. The SMILES string of the molecule is CC(OC(=O)CCC[N+](C)(C)C)C(C)(C)C. The van der Waals surface area contributed by atoms with Crippen LogP contribution in [-0.4, -0.2) is 44.2 Å². The number of carbonyl (C=O) groups is 1. The third-order valence-corrected chi connectivity index (χ3v) is 2.74. The van der Waals surface area contributed by atoms with E-state index in [0.29, 0.717) is 6.42 Å². The molecule has 0 aromatic carbocycles. The van der Waals surface area contributed by atoms with E-state index >= 15 is 0 Å². The Bertz CT molecular complexity index is 223. The molecule has 0 aliphatic rings. The van der Waals surface area contributed by atoms with Crippen molar-refractivity contribution in [2.45, 2.75) is 46.6 Å². The summed E-state index contributed by atoms with van der Waals surface area (Å²) in [6, 6.07) is 0. The number of ether oxygens (including phenoxy) is 1. The van der Waals surface area contributed by atoms with Gasteiger partial charge in [-0.25, -0.2) is 0 Å². The van der Waals surface area contributed by atoms with Gasteiger partial charge in [0.15, 0.2) is 0 Å². The molecule has 0 fully saturated rings. The van der Waals surface area contributed by atoms with E-state index in [1.807, 2.05) is 6.92 Å². The predicted octanol–water partition coefficient (Wildman–Crippen LogP) is 2.45. The van der Waals surface area contributed by atoms with Gasteiger partial charge in [0.25, 0.3) is 0 Å². The van der Waals surface area contributed by atoms with E-state index in [4.69, 9.17) is 4.74 Å². The van der Waals surface area contributed by atoms with E-state index in [1.54, 1.807) is 0 Å². The fourth-order valence-corrected chi connectivity index (χ4v) is 1.13. The maximum Gasteiger partial charge on any atom is 0.306 e. The summed E-state index contributed by atoms with van der Waals surface area (Å²) in [5.74, 6) is -0.0733. The Hall–Kier alpha value is -0.570. The smallest absolute Gasteiger partial charge is 0.306 e. The molecular weight excluding hydrogens is 202 g/mol. The first-order valence-electron chi connectivity index (χ1n) is 6.02. The zero-order valence-electron chi connectivity index (χ0n) is 12.0. The lowest BCUT2D eigenvalue weighted by Gasteiger charge is -2.27. The first kappa shape index (κ1) is 15.4. The molecule has 0 aromatic rings. The number of rotatable bonds is 5. The topological polar surface area (TPSA) is 26.3 Å². The lowest BCUT2D eigenvalue weighted by molar-refractivity contribution is -0.870. The molecule has 0 N–H and O–H groups in total. The summed E-state index contributed by atoms with van der Waals surface area (Å²) in [5, 5.41) is 0. The number of hydrogen-bond donors (Lipinski definition) is 0. The molecule has 0 aliphatic carbocycles. The van der Waals surface area contributed by atoms with Gasteiger partial charge in [0.05, 0.1) is 34.1 Å². The molecule has 0 rings (SSSR count). The van der Waals surface area contributed by atoms with Gasteiger partial charge in [-0.1, -0.05) is 20.8 Å². The molecule has 96 valence electrons. The highest BCUT2D eigenvalue weighted by atomic mass is 16.5. The molecule has 0 aliphatic heterocycles. The van der Waals surface area contributed by atoms with Crippen LogP contribution in [0.2, 0.25) is 0 Å². The van der Waals surface area contributed by atoms with Gasteiger partial charge in [-0.15, -0.1) is 0 Å². The van der Waals surface area contributed by atoms with Crippen LogP contribution in [0.3, 0.4) is 0 Å². The molecule has 0 amide bonds. The molecule has 16 heavy (non-hydrogen) atoms. The van der Waals surface area contributed by atoms with Gasteiger partial charge in [-0.05, 0) is 12.3 Å². The quantitative estimate of drug-likeness (QED) is 0.535. The second-order valence-corrected chi connectivity index (χ2v) is 6.62. The zero-order valence-corrected chi connectivity index (χ0v) is 12.0. The highest BCUT2D eigenvalue weighted by Crippen LogP contribution is 2.22. The fraction of sp³-hybridized carbons (Fsp3) is 0.923. The van der Waals surface area contributed by atoms with Crippen molar-refractivity contribution in [3.8, 4) is 0 Å². The van der Waals surface area contributed by atoms with Crippen molar-refractivity contribution >= 4 is 5.97 Å². The predicted molar refractivity (Wildman–Crippen MR) is 67.1 cm³/mol. The average molecular weight is 230 g/mol. The van der Waals surface area contributed by atoms with Gasteiger partial charge in [0, 0.05) is 6.42 Å². The van der Waals surface area contributed by atoms with Crippen molar-refractivity contribution in [1.29, 1.82) is 0 Å². The Labute approximate surface area is 100 Å². The molecule has 0 aromatic heterocycles. The Morgan fingerprint density at radius 2 is 1.75 bits per heavy atom. The van der Waals surface area contributed by atoms with Crippen molar-refractivity contribution in [2.24, 2.45) is 5.41 Å². The van der Waals surface area contributed by atoms with Crippen LogP contribution in [0.1, 0.15) is 40.5 Å². The average Bonchev–Trinajstić information content (AvgIpc) is 1.99. The zero-order chi connectivity index (χ0) is 13.0. The van der Waals surface area contributed by atoms with Crippen molar-refractivity contribution in [3.05, 3.63) is 0 Å². The van der Waals surface area contributed by atoms with Gasteiger partial charge in [-0.2, -0.15) is 0 Å². The highest BCUT2D eigenvalue weighted by molar-refractivity contribution is 5.69. The number of esters is 1. The summed E-state index contributed by atoms with van der Waals surface area (Å²) in [4.78, 5) is 11.6. The Morgan fingerprint density at radius 1 is 1.25 bits per heavy atom. The van der Waals surface area contributed by atoms with E-state index in [0.717, 1.165) is 17.4 Å². The summed E-state index contributed by atoms with van der Waals surface area (Å²) >= 11 is 0. The molecule has 0 saturated carbocycles. The number of hydrogen-bond acceptors (Lipinski definition) is 2. The summed E-state index contributed by atoms with van der Waals surface area (Å²) in [7, 11) is 6.38.